The molecule has 0 spiro atoms. The van der Waals surface area contributed by atoms with Gasteiger partial charge in [0.2, 0.25) is 5.91 Å². The third kappa shape index (κ3) is 2.70. The zero-order chi connectivity index (χ0) is 13.8. The highest BCUT2D eigenvalue weighted by Gasteiger charge is 2.09. The summed E-state index contributed by atoms with van der Waals surface area (Å²) in [4.78, 5) is 23.5. The Morgan fingerprint density at radius 3 is 2.63 bits per heavy atom. The van der Waals surface area contributed by atoms with E-state index in [1.54, 1.807) is 16.2 Å². The van der Waals surface area contributed by atoms with Crippen molar-refractivity contribution in [2.45, 2.75) is 26.3 Å². The van der Waals surface area contributed by atoms with Crippen LogP contribution in [0.5, 0.6) is 0 Å². The van der Waals surface area contributed by atoms with Gasteiger partial charge in [0.15, 0.2) is 0 Å². The lowest BCUT2D eigenvalue weighted by atomic mass is 10.3. The summed E-state index contributed by atoms with van der Waals surface area (Å²) in [5.74, 6) is 0.0378. The Labute approximate surface area is 111 Å². The molecular formula is C14H19N3O2. The number of carbonyl (C=O) groups is 1. The summed E-state index contributed by atoms with van der Waals surface area (Å²) in [6, 6.07) is 7.66. The van der Waals surface area contributed by atoms with E-state index in [1.165, 1.54) is 0 Å². The SMILES string of the molecule is CCCC(=O)NCCn1c(=O)n(C)c2ccccc21. The second-order valence-corrected chi connectivity index (χ2v) is 4.58. The first-order valence-corrected chi connectivity index (χ1v) is 6.56. The second-order valence-electron chi connectivity index (χ2n) is 4.58. The molecule has 0 saturated heterocycles. The lowest BCUT2D eigenvalue weighted by Crippen LogP contribution is -2.31. The molecule has 19 heavy (non-hydrogen) atoms. The van der Waals surface area contributed by atoms with Gasteiger partial charge in [-0.3, -0.25) is 13.9 Å². The van der Waals surface area contributed by atoms with E-state index in [-0.39, 0.29) is 11.6 Å². The molecule has 1 N–H and O–H groups in total. The summed E-state index contributed by atoms with van der Waals surface area (Å²) in [5.41, 5.74) is 1.76. The maximum absolute atomic E-state index is 12.1. The number of nitrogens with zero attached hydrogens (tertiary/aromatic N) is 2. The average Bonchev–Trinajstić information content (AvgIpc) is 2.65. The van der Waals surface area contributed by atoms with Gasteiger partial charge in [-0.25, -0.2) is 4.79 Å². The smallest absolute Gasteiger partial charge is 0.328 e. The molecule has 5 nitrogen and oxygen atoms in total. The topological polar surface area (TPSA) is 56.0 Å². The van der Waals surface area contributed by atoms with Gasteiger partial charge in [-0.15, -0.1) is 0 Å². The molecule has 0 aliphatic heterocycles. The van der Waals surface area contributed by atoms with E-state index in [0.29, 0.717) is 19.5 Å². The van der Waals surface area contributed by atoms with E-state index >= 15 is 0 Å². The number of benzene rings is 1. The van der Waals surface area contributed by atoms with E-state index in [2.05, 4.69) is 5.32 Å². The molecule has 0 radical (unpaired) electrons. The molecule has 0 aliphatic rings. The van der Waals surface area contributed by atoms with Crippen LogP contribution in [0.2, 0.25) is 0 Å². The number of amides is 1. The molecule has 0 bridgehead atoms. The molecule has 1 amide bonds. The highest BCUT2D eigenvalue weighted by Crippen LogP contribution is 2.10. The normalized spacial score (nSPS) is 10.8. The minimum atomic E-state index is -0.0501. The number of hydrogen-bond donors (Lipinski definition) is 1. The van der Waals surface area contributed by atoms with Gasteiger partial charge in [-0.1, -0.05) is 19.1 Å². The molecule has 0 atom stereocenters. The van der Waals surface area contributed by atoms with Crippen molar-refractivity contribution in [1.82, 2.24) is 14.5 Å². The Kier molecular flexibility index (Phi) is 4.04. The van der Waals surface area contributed by atoms with Crippen molar-refractivity contribution in [2.24, 2.45) is 7.05 Å². The van der Waals surface area contributed by atoms with Gasteiger partial charge in [0, 0.05) is 26.6 Å². The summed E-state index contributed by atoms with van der Waals surface area (Å²) in [7, 11) is 1.76. The first kappa shape index (κ1) is 13.4. The van der Waals surface area contributed by atoms with Crippen molar-refractivity contribution >= 4 is 16.9 Å². The van der Waals surface area contributed by atoms with E-state index < -0.39 is 0 Å². The maximum Gasteiger partial charge on any atom is 0.328 e. The van der Waals surface area contributed by atoms with Crippen LogP contribution in [-0.4, -0.2) is 21.6 Å². The quantitative estimate of drug-likeness (QED) is 0.881. The molecule has 2 rings (SSSR count). The minimum Gasteiger partial charge on any atom is -0.354 e. The van der Waals surface area contributed by atoms with Crippen LogP contribution in [0.1, 0.15) is 19.8 Å². The van der Waals surface area contributed by atoms with Gasteiger partial charge in [-0.05, 0) is 18.6 Å². The predicted octanol–water partition coefficient (Wildman–Crippen LogP) is 1.26. The van der Waals surface area contributed by atoms with Gasteiger partial charge in [0.25, 0.3) is 0 Å². The number of imidazole rings is 1. The molecular weight excluding hydrogens is 242 g/mol. The summed E-state index contributed by atoms with van der Waals surface area (Å²) < 4.78 is 3.32. The van der Waals surface area contributed by atoms with Crippen molar-refractivity contribution in [3.8, 4) is 0 Å². The molecule has 5 heteroatoms. The summed E-state index contributed by atoms with van der Waals surface area (Å²) in [6.07, 6.45) is 1.37. The number of rotatable bonds is 5. The van der Waals surface area contributed by atoms with Gasteiger partial charge in [0.05, 0.1) is 11.0 Å². The molecule has 1 heterocycles. The zero-order valence-electron chi connectivity index (χ0n) is 11.3. The monoisotopic (exact) mass is 261 g/mol. The summed E-state index contributed by atoms with van der Waals surface area (Å²) in [5, 5.41) is 2.83. The van der Waals surface area contributed by atoms with Crippen molar-refractivity contribution in [2.75, 3.05) is 6.54 Å². The second kappa shape index (κ2) is 5.73. The maximum atomic E-state index is 12.1. The van der Waals surface area contributed by atoms with Crippen LogP contribution in [-0.2, 0) is 18.4 Å². The molecule has 0 saturated carbocycles. The number of nitrogens with one attached hydrogen (secondary N) is 1. The third-order valence-corrected chi connectivity index (χ3v) is 3.19. The van der Waals surface area contributed by atoms with Gasteiger partial charge >= 0.3 is 5.69 Å². The average molecular weight is 261 g/mol. The van der Waals surface area contributed by atoms with E-state index in [1.807, 2.05) is 31.2 Å². The lowest BCUT2D eigenvalue weighted by Gasteiger charge is -2.05. The fourth-order valence-electron chi connectivity index (χ4n) is 2.20. The third-order valence-electron chi connectivity index (χ3n) is 3.19. The van der Waals surface area contributed by atoms with E-state index in [0.717, 1.165) is 17.5 Å². The zero-order valence-corrected chi connectivity index (χ0v) is 11.3. The highest BCUT2D eigenvalue weighted by atomic mass is 16.2. The molecule has 0 aliphatic carbocycles. The highest BCUT2D eigenvalue weighted by molar-refractivity contribution is 5.76. The number of carbonyl (C=O) groups excluding carboxylic acids is 1. The molecule has 1 aromatic heterocycles. The first-order chi connectivity index (χ1) is 9.15. The Hall–Kier alpha value is -2.04. The summed E-state index contributed by atoms with van der Waals surface area (Å²) in [6.45, 7) is 2.94. The van der Waals surface area contributed by atoms with Gasteiger partial charge in [-0.2, -0.15) is 0 Å². The number of aryl methyl sites for hydroxylation is 1. The van der Waals surface area contributed by atoms with E-state index in [9.17, 15) is 9.59 Å². The van der Waals surface area contributed by atoms with Crippen molar-refractivity contribution in [3.63, 3.8) is 0 Å². The predicted molar refractivity (Wildman–Crippen MR) is 75.1 cm³/mol. The fraction of sp³-hybridized carbons (Fsp3) is 0.429. The summed E-state index contributed by atoms with van der Waals surface area (Å²) >= 11 is 0. The first-order valence-electron chi connectivity index (χ1n) is 6.56. The number of hydrogen-bond acceptors (Lipinski definition) is 2. The van der Waals surface area contributed by atoms with Gasteiger partial charge in [0.1, 0.15) is 0 Å². The Bertz CT molecular complexity index is 640. The standard InChI is InChI=1S/C14H19N3O2/c1-3-6-13(18)15-9-10-17-12-8-5-4-7-11(12)16(2)14(17)19/h4-5,7-8H,3,6,9-10H2,1-2H3,(H,15,18). The Balaban J connectivity index is 2.15. The van der Waals surface area contributed by atoms with Crippen LogP contribution in [0.4, 0.5) is 0 Å². The largest absolute Gasteiger partial charge is 0.354 e. The number of aromatic nitrogens is 2. The van der Waals surface area contributed by atoms with Crippen LogP contribution < -0.4 is 11.0 Å². The minimum absolute atomic E-state index is 0.0378. The number of fused-ring (bicyclic) bond motifs is 1. The Morgan fingerprint density at radius 2 is 1.95 bits per heavy atom. The van der Waals surface area contributed by atoms with Crippen LogP contribution in [0.3, 0.4) is 0 Å². The van der Waals surface area contributed by atoms with E-state index in [4.69, 9.17) is 0 Å². The Morgan fingerprint density at radius 1 is 1.26 bits per heavy atom. The van der Waals surface area contributed by atoms with Crippen LogP contribution in [0, 0.1) is 0 Å². The van der Waals surface area contributed by atoms with Crippen LogP contribution in [0.15, 0.2) is 29.1 Å². The van der Waals surface area contributed by atoms with Crippen molar-refractivity contribution in [3.05, 3.63) is 34.7 Å². The molecule has 0 unspecified atom stereocenters. The molecule has 0 fully saturated rings. The van der Waals surface area contributed by atoms with Gasteiger partial charge < -0.3 is 5.32 Å². The molecule has 2 aromatic rings. The fourth-order valence-corrected chi connectivity index (χ4v) is 2.20. The number of para-hydroxylation sites is 2. The van der Waals surface area contributed by atoms with Crippen LogP contribution in [0.25, 0.3) is 11.0 Å². The van der Waals surface area contributed by atoms with Crippen molar-refractivity contribution < 1.29 is 4.79 Å². The molecule has 1 aromatic carbocycles. The van der Waals surface area contributed by atoms with Crippen LogP contribution >= 0.6 is 0 Å². The molecule has 102 valence electrons. The lowest BCUT2D eigenvalue weighted by molar-refractivity contribution is -0.121. The van der Waals surface area contributed by atoms with Crippen molar-refractivity contribution in [1.29, 1.82) is 0 Å².